The van der Waals surface area contributed by atoms with Crippen molar-refractivity contribution in [3.63, 3.8) is 0 Å². The molecule has 0 fully saturated rings. The van der Waals surface area contributed by atoms with Crippen LogP contribution in [0.4, 0.5) is 4.39 Å². The summed E-state index contributed by atoms with van der Waals surface area (Å²) in [6.07, 6.45) is 7.40. The zero-order chi connectivity index (χ0) is 14.1. The van der Waals surface area contributed by atoms with Crippen molar-refractivity contribution in [1.82, 2.24) is 19.1 Å². The number of aromatic nitrogens is 4. The number of halogens is 1. The first kappa shape index (κ1) is 12.6. The molecule has 0 amide bonds. The lowest BCUT2D eigenvalue weighted by Gasteiger charge is -2.04. The number of aryl methyl sites for hydroxylation is 2. The van der Waals surface area contributed by atoms with E-state index >= 15 is 0 Å². The van der Waals surface area contributed by atoms with Gasteiger partial charge in [-0.05, 0) is 37.6 Å². The van der Waals surface area contributed by atoms with Crippen LogP contribution in [0.1, 0.15) is 17.1 Å². The van der Waals surface area contributed by atoms with Gasteiger partial charge in [0.2, 0.25) is 0 Å². The Morgan fingerprint density at radius 2 is 2.05 bits per heavy atom. The van der Waals surface area contributed by atoms with Gasteiger partial charge in [-0.25, -0.2) is 14.4 Å². The molecule has 0 bridgehead atoms. The summed E-state index contributed by atoms with van der Waals surface area (Å²) in [5.74, 6) is 0.764. The van der Waals surface area contributed by atoms with Gasteiger partial charge in [-0.1, -0.05) is 0 Å². The Morgan fingerprint density at radius 3 is 2.75 bits per heavy atom. The zero-order valence-electron chi connectivity index (χ0n) is 11.4. The summed E-state index contributed by atoms with van der Waals surface area (Å²) in [7, 11) is 0. The van der Waals surface area contributed by atoms with Crippen LogP contribution in [-0.4, -0.2) is 19.1 Å². The van der Waals surface area contributed by atoms with Gasteiger partial charge >= 0.3 is 0 Å². The Balaban J connectivity index is 1.86. The second kappa shape index (κ2) is 4.92. The molecule has 0 aliphatic rings. The summed E-state index contributed by atoms with van der Waals surface area (Å²) in [6.45, 7) is 4.39. The van der Waals surface area contributed by atoms with Crippen LogP contribution in [-0.2, 0) is 6.54 Å². The van der Waals surface area contributed by atoms with Crippen molar-refractivity contribution in [2.45, 2.75) is 20.4 Å². The minimum atomic E-state index is -0.192. The van der Waals surface area contributed by atoms with Crippen LogP contribution in [0.3, 0.4) is 0 Å². The van der Waals surface area contributed by atoms with Gasteiger partial charge in [0, 0.05) is 24.3 Å². The minimum Gasteiger partial charge on any atom is -0.329 e. The molecule has 0 aliphatic heterocycles. The van der Waals surface area contributed by atoms with E-state index in [1.165, 1.54) is 6.07 Å². The molecule has 0 saturated carbocycles. The molecule has 4 nitrogen and oxygen atoms in total. The van der Waals surface area contributed by atoms with Crippen LogP contribution in [0, 0.1) is 19.7 Å². The van der Waals surface area contributed by atoms with Gasteiger partial charge in [0.05, 0.1) is 18.6 Å². The van der Waals surface area contributed by atoms with Gasteiger partial charge in [-0.15, -0.1) is 0 Å². The van der Waals surface area contributed by atoms with Crippen LogP contribution in [0.25, 0.3) is 5.69 Å². The van der Waals surface area contributed by atoms with Crippen molar-refractivity contribution >= 4 is 0 Å². The number of hydrogen-bond acceptors (Lipinski definition) is 2. The van der Waals surface area contributed by atoms with Gasteiger partial charge in [0.1, 0.15) is 11.6 Å². The minimum absolute atomic E-state index is 0.192. The molecule has 0 saturated heterocycles. The van der Waals surface area contributed by atoms with E-state index in [1.807, 2.05) is 34.5 Å². The average Bonchev–Trinajstić information content (AvgIpc) is 3.04. The molecule has 0 atom stereocenters. The normalized spacial score (nSPS) is 10.9. The van der Waals surface area contributed by atoms with Crippen LogP contribution in [0.15, 0.2) is 43.1 Å². The van der Waals surface area contributed by atoms with Crippen molar-refractivity contribution in [2.24, 2.45) is 0 Å². The highest BCUT2D eigenvalue weighted by Gasteiger charge is 2.05. The highest BCUT2D eigenvalue weighted by molar-refractivity contribution is 5.36. The summed E-state index contributed by atoms with van der Waals surface area (Å²) in [5.41, 5.74) is 2.47. The molecular formula is C15H15FN4. The van der Waals surface area contributed by atoms with Crippen molar-refractivity contribution in [1.29, 1.82) is 0 Å². The van der Waals surface area contributed by atoms with E-state index in [-0.39, 0.29) is 5.82 Å². The summed E-state index contributed by atoms with van der Waals surface area (Å²) in [5, 5.41) is 0. The third kappa shape index (κ3) is 2.34. The molecule has 0 aliphatic carbocycles. The summed E-state index contributed by atoms with van der Waals surface area (Å²) >= 11 is 0. The van der Waals surface area contributed by atoms with E-state index in [9.17, 15) is 4.39 Å². The molecule has 20 heavy (non-hydrogen) atoms. The molecule has 102 valence electrons. The quantitative estimate of drug-likeness (QED) is 0.733. The lowest BCUT2D eigenvalue weighted by molar-refractivity contribution is 0.618. The zero-order valence-corrected chi connectivity index (χ0v) is 11.4. The number of rotatable bonds is 3. The Morgan fingerprint density at radius 1 is 1.20 bits per heavy atom. The molecule has 0 unspecified atom stereocenters. The van der Waals surface area contributed by atoms with Crippen LogP contribution >= 0.6 is 0 Å². The van der Waals surface area contributed by atoms with Gasteiger partial charge in [0.15, 0.2) is 0 Å². The van der Waals surface area contributed by atoms with Crippen molar-refractivity contribution in [2.75, 3.05) is 0 Å². The molecule has 0 N–H and O–H groups in total. The number of benzene rings is 1. The van der Waals surface area contributed by atoms with E-state index in [0.29, 0.717) is 12.1 Å². The smallest absolute Gasteiger partial charge is 0.126 e. The maximum Gasteiger partial charge on any atom is 0.126 e. The average molecular weight is 270 g/mol. The molecule has 3 rings (SSSR count). The molecule has 1 aromatic carbocycles. The predicted molar refractivity (Wildman–Crippen MR) is 74.3 cm³/mol. The van der Waals surface area contributed by atoms with E-state index in [2.05, 4.69) is 9.97 Å². The molecule has 2 aromatic heterocycles. The first-order valence-electron chi connectivity index (χ1n) is 6.40. The van der Waals surface area contributed by atoms with Crippen LogP contribution in [0.2, 0.25) is 0 Å². The van der Waals surface area contributed by atoms with Crippen molar-refractivity contribution < 1.29 is 4.39 Å². The Hall–Kier alpha value is -2.43. The topological polar surface area (TPSA) is 35.6 Å². The standard InChI is InChI=1S/C15H15FN4/c1-11-7-14(3-4-15(11)16)20-9-13(18-10-20)8-19-6-5-17-12(19)2/h3-7,9-10H,8H2,1-2H3. The lowest BCUT2D eigenvalue weighted by atomic mass is 10.2. The van der Waals surface area contributed by atoms with E-state index in [4.69, 9.17) is 0 Å². The van der Waals surface area contributed by atoms with Crippen molar-refractivity contribution in [3.05, 3.63) is 66.0 Å². The molecule has 3 aromatic rings. The van der Waals surface area contributed by atoms with Crippen molar-refractivity contribution in [3.8, 4) is 5.69 Å². The van der Waals surface area contributed by atoms with Gasteiger partial charge in [0.25, 0.3) is 0 Å². The number of nitrogens with zero attached hydrogens (tertiary/aromatic N) is 4. The van der Waals surface area contributed by atoms with E-state index in [1.54, 1.807) is 25.5 Å². The lowest BCUT2D eigenvalue weighted by Crippen LogP contribution is -2.01. The molecule has 5 heteroatoms. The van der Waals surface area contributed by atoms with E-state index in [0.717, 1.165) is 17.2 Å². The number of hydrogen-bond donors (Lipinski definition) is 0. The fourth-order valence-electron chi connectivity index (χ4n) is 2.12. The Kier molecular flexibility index (Phi) is 3.10. The second-order valence-electron chi connectivity index (χ2n) is 4.81. The SMILES string of the molecule is Cc1cc(-n2cnc(Cn3ccnc3C)c2)ccc1F. The van der Waals surface area contributed by atoms with Gasteiger partial charge < -0.3 is 9.13 Å². The highest BCUT2D eigenvalue weighted by Crippen LogP contribution is 2.14. The number of imidazole rings is 2. The summed E-state index contributed by atoms with van der Waals surface area (Å²) < 4.78 is 17.2. The third-order valence-corrected chi connectivity index (χ3v) is 3.33. The third-order valence-electron chi connectivity index (χ3n) is 3.33. The highest BCUT2D eigenvalue weighted by atomic mass is 19.1. The maximum atomic E-state index is 13.3. The predicted octanol–water partition coefficient (Wildman–Crippen LogP) is 2.87. The largest absolute Gasteiger partial charge is 0.329 e. The summed E-state index contributed by atoms with van der Waals surface area (Å²) in [4.78, 5) is 8.57. The Labute approximate surface area is 116 Å². The second-order valence-corrected chi connectivity index (χ2v) is 4.81. The van der Waals surface area contributed by atoms with Crippen LogP contribution in [0.5, 0.6) is 0 Å². The fourth-order valence-corrected chi connectivity index (χ4v) is 2.12. The molecular weight excluding hydrogens is 255 g/mol. The maximum absolute atomic E-state index is 13.3. The summed E-state index contributed by atoms with van der Waals surface area (Å²) in [6, 6.07) is 5.03. The van der Waals surface area contributed by atoms with Gasteiger partial charge in [-0.2, -0.15) is 0 Å². The first-order chi connectivity index (χ1) is 9.63. The molecule has 2 heterocycles. The Bertz CT molecular complexity index is 742. The van der Waals surface area contributed by atoms with Gasteiger partial charge in [-0.3, -0.25) is 0 Å². The first-order valence-corrected chi connectivity index (χ1v) is 6.40. The monoisotopic (exact) mass is 270 g/mol. The fraction of sp³-hybridized carbons (Fsp3) is 0.200. The van der Waals surface area contributed by atoms with Crippen LogP contribution < -0.4 is 0 Å². The van der Waals surface area contributed by atoms with E-state index < -0.39 is 0 Å². The molecule has 0 spiro atoms. The molecule has 0 radical (unpaired) electrons.